The molecule has 1 amide bonds. The second-order valence-corrected chi connectivity index (χ2v) is 7.09. The Balaban J connectivity index is 0.00000261. The van der Waals surface area contributed by atoms with Gasteiger partial charge in [-0.2, -0.15) is 0 Å². The first-order valence-electron chi connectivity index (χ1n) is 9.56. The Hall–Kier alpha value is -1.63. The lowest BCUT2D eigenvalue weighted by Gasteiger charge is -2.32. The summed E-state index contributed by atoms with van der Waals surface area (Å²) in [5.74, 6) is 1.33. The SMILES string of the molecule is COc1ccc(C(=O)C2CCN(CCC(=O)N3CCNCC3)CC2)cc1.Cl. The van der Waals surface area contributed by atoms with Crippen LogP contribution >= 0.6 is 12.4 Å². The number of ether oxygens (including phenoxy) is 1. The summed E-state index contributed by atoms with van der Waals surface area (Å²) in [6.45, 7) is 6.00. The molecule has 1 aromatic rings. The maximum Gasteiger partial charge on any atom is 0.223 e. The van der Waals surface area contributed by atoms with Crippen molar-refractivity contribution in [3.63, 3.8) is 0 Å². The number of Topliss-reactive ketones (excluding diaryl/α,β-unsaturated/α-hetero) is 1. The molecule has 7 heteroatoms. The van der Waals surface area contributed by atoms with Gasteiger partial charge in [0, 0.05) is 50.6 Å². The smallest absolute Gasteiger partial charge is 0.223 e. The average Bonchev–Trinajstić information content (AvgIpc) is 2.72. The molecule has 0 aromatic heterocycles. The molecular formula is C20H30ClN3O3. The molecule has 1 aromatic carbocycles. The Kier molecular flexibility index (Phi) is 8.54. The second-order valence-electron chi connectivity index (χ2n) is 7.09. The van der Waals surface area contributed by atoms with Gasteiger partial charge in [-0.15, -0.1) is 12.4 Å². The highest BCUT2D eigenvalue weighted by Gasteiger charge is 2.26. The van der Waals surface area contributed by atoms with Crippen molar-refractivity contribution in [1.82, 2.24) is 15.1 Å². The fourth-order valence-electron chi connectivity index (χ4n) is 3.74. The van der Waals surface area contributed by atoms with Gasteiger partial charge in [-0.25, -0.2) is 0 Å². The maximum atomic E-state index is 12.7. The summed E-state index contributed by atoms with van der Waals surface area (Å²) in [6.07, 6.45) is 2.32. The van der Waals surface area contributed by atoms with Crippen LogP contribution in [0.4, 0.5) is 0 Å². The fraction of sp³-hybridized carbons (Fsp3) is 0.600. The van der Waals surface area contributed by atoms with Gasteiger partial charge in [-0.3, -0.25) is 9.59 Å². The van der Waals surface area contributed by atoms with Crippen LogP contribution in [-0.4, -0.2) is 74.4 Å². The molecule has 2 aliphatic rings. The minimum absolute atomic E-state index is 0. The van der Waals surface area contributed by atoms with Crippen LogP contribution in [0, 0.1) is 5.92 Å². The topological polar surface area (TPSA) is 61.9 Å². The Morgan fingerprint density at radius 1 is 1.07 bits per heavy atom. The van der Waals surface area contributed by atoms with Crippen LogP contribution in [-0.2, 0) is 4.79 Å². The molecule has 0 saturated carbocycles. The Bertz CT molecular complexity index is 609. The number of carbonyl (C=O) groups is 2. The van der Waals surface area contributed by atoms with Crippen LogP contribution in [0.25, 0.3) is 0 Å². The number of nitrogens with one attached hydrogen (secondary N) is 1. The largest absolute Gasteiger partial charge is 0.497 e. The van der Waals surface area contributed by atoms with Crippen molar-refractivity contribution in [3.8, 4) is 5.75 Å². The minimum Gasteiger partial charge on any atom is -0.497 e. The summed E-state index contributed by atoms with van der Waals surface area (Å²) in [5.41, 5.74) is 0.762. The van der Waals surface area contributed by atoms with Crippen LogP contribution < -0.4 is 10.1 Å². The summed E-state index contributed by atoms with van der Waals surface area (Å²) in [6, 6.07) is 7.37. The van der Waals surface area contributed by atoms with Crippen molar-refractivity contribution in [1.29, 1.82) is 0 Å². The number of amides is 1. The van der Waals surface area contributed by atoms with Gasteiger partial charge in [0.05, 0.1) is 7.11 Å². The Labute approximate surface area is 167 Å². The van der Waals surface area contributed by atoms with Crippen molar-refractivity contribution in [3.05, 3.63) is 29.8 Å². The van der Waals surface area contributed by atoms with Gasteiger partial charge in [-0.05, 0) is 50.2 Å². The van der Waals surface area contributed by atoms with Crippen molar-refractivity contribution < 1.29 is 14.3 Å². The summed E-state index contributed by atoms with van der Waals surface area (Å²) >= 11 is 0. The first-order chi connectivity index (χ1) is 12.7. The summed E-state index contributed by atoms with van der Waals surface area (Å²) in [4.78, 5) is 29.2. The zero-order chi connectivity index (χ0) is 18.4. The Morgan fingerprint density at radius 3 is 2.30 bits per heavy atom. The number of piperazine rings is 1. The third kappa shape index (κ3) is 5.92. The molecule has 2 fully saturated rings. The number of hydrogen-bond donors (Lipinski definition) is 1. The third-order valence-electron chi connectivity index (χ3n) is 5.44. The molecule has 150 valence electrons. The molecular weight excluding hydrogens is 366 g/mol. The van der Waals surface area contributed by atoms with E-state index in [-0.39, 0.29) is 30.0 Å². The van der Waals surface area contributed by atoms with Crippen LogP contribution in [0.3, 0.4) is 0 Å². The average molecular weight is 396 g/mol. The highest BCUT2D eigenvalue weighted by atomic mass is 35.5. The van der Waals surface area contributed by atoms with E-state index in [9.17, 15) is 9.59 Å². The van der Waals surface area contributed by atoms with Crippen LogP contribution in [0.2, 0.25) is 0 Å². The molecule has 0 aliphatic carbocycles. The minimum atomic E-state index is 0. The number of methoxy groups -OCH3 is 1. The first-order valence-corrected chi connectivity index (χ1v) is 9.56. The number of carbonyl (C=O) groups excluding carboxylic acids is 2. The first kappa shape index (κ1) is 21.7. The van der Waals surface area contributed by atoms with E-state index in [0.717, 1.165) is 70.0 Å². The van der Waals surface area contributed by atoms with E-state index in [1.54, 1.807) is 7.11 Å². The van der Waals surface area contributed by atoms with Gasteiger partial charge in [0.15, 0.2) is 5.78 Å². The molecule has 2 heterocycles. The molecule has 2 aliphatic heterocycles. The lowest BCUT2D eigenvalue weighted by Crippen LogP contribution is -2.47. The number of nitrogens with zero attached hydrogens (tertiary/aromatic N) is 2. The monoisotopic (exact) mass is 395 g/mol. The number of rotatable bonds is 6. The molecule has 1 N–H and O–H groups in total. The van der Waals surface area contributed by atoms with Crippen LogP contribution in [0.15, 0.2) is 24.3 Å². The van der Waals surface area contributed by atoms with Crippen LogP contribution in [0.5, 0.6) is 5.75 Å². The molecule has 3 rings (SSSR count). The van der Waals surface area contributed by atoms with E-state index >= 15 is 0 Å². The Morgan fingerprint density at radius 2 is 1.70 bits per heavy atom. The van der Waals surface area contributed by atoms with Gasteiger partial charge < -0.3 is 19.9 Å². The number of hydrogen-bond acceptors (Lipinski definition) is 5. The van der Waals surface area contributed by atoms with E-state index in [1.807, 2.05) is 29.2 Å². The predicted molar refractivity (Wildman–Crippen MR) is 108 cm³/mol. The molecule has 0 spiro atoms. The molecule has 0 unspecified atom stereocenters. The highest BCUT2D eigenvalue weighted by Crippen LogP contribution is 2.23. The molecule has 0 bridgehead atoms. The lowest BCUT2D eigenvalue weighted by atomic mass is 9.89. The molecule has 2 saturated heterocycles. The number of likely N-dealkylation sites (tertiary alicyclic amines) is 1. The summed E-state index contributed by atoms with van der Waals surface area (Å²) in [5, 5.41) is 3.27. The van der Waals surface area contributed by atoms with Gasteiger partial charge in [-0.1, -0.05) is 0 Å². The quantitative estimate of drug-likeness (QED) is 0.744. The standard InChI is InChI=1S/C20H29N3O3.ClH/c1-26-18-4-2-16(3-5-18)20(25)17-6-11-22(12-7-17)13-8-19(24)23-14-9-21-10-15-23;/h2-5,17,21H,6-15H2,1H3;1H. The molecule has 0 atom stereocenters. The number of piperidine rings is 1. The molecule has 0 radical (unpaired) electrons. The predicted octanol–water partition coefficient (Wildman–Crippen LogP) is 1.83. The van der Waals surface area contributed by atoms with Crippen molar-refractivity contribution in [2.24, 2.45) is 5.92 Å². The van der Waals surface area contributed by atoms with E-state index < -0.39 is 0 Å². The second kappa shape index (κ2) is 10.6. The van der Waals surface area contributed by atoms with E-state index in [0.29, 0.717) is 6.42 Å². The molecule has 27 heavy (non-hydrogen) atoms. The number of benzene rings is 1. The van der Waals surface area contributed by atoms with Gasteiger partial charge >= 0.3 is 0 Å². The van der Waals surface area contributed by atoms with Crippen molar-refractivity contribution >= 4 is 24.1 Å². The highest BCUT2D eigenvalue weighted by molar-refractivity contribution is 5.98. The van der Waals surface area contributed by atoms with E-state index in [1.165, 1.54) is 0 Å². The van der Waals surface area contributed by atoms with Gasteiger partial charge in [0.2, 0.25) is 5.91 Å². The molecule has 6 nitrogen and oxygen atoms in total. The van der Waals surface area contributed by atoms with E-state index in [2.05, 4.69) is 10.2 Å². The van der Waals surface area contributed by atoms with Crippen molar-refractivity contribution in [2.45, 2.75) is 19.3 Å². The summed E-state index contributed by atoms with van der Waals surface area (Å²) < 4.78 is 5.15. The van der Waals surface area contributed by atoms with Crippen LogP contribution in [0.1, 0.15) is 29.6 Å². The van der Waals surface area contributed by atoms with Gasteiger partial charge in [0.1, 0.15) is 5.75 Å². The number of halogens is 1. The fourth-order valence-corrected chi connectivity index (χ4v) is 3.74. The normalized spacial score (nSPS) is 18.6. The zero-order valence-electron chi connectivity index (χ0n) is 16.0. The maximum absolute atomic E-state index is 12.7. The summed E-state index contributed by atoms with van der Waals surface area (Å²) in [7, 11) is 1.62. The van der Waals surface area contributed by atoms with Crippen molar-refractivity contribution in [2.75, 3.05) is 52.9 Å². The number of ketones is 1. The third-order valence-corrected chi connectivity index (χ3v) is 5.44. The van der Waals surface area contributed by atoms with E-state index in [4.69, 9.17) is 4.74 Å². The lowest BCUT2D eigenvalue weighted by molar-refractivity contribution is -0.132. The van der Waals surface area contributed by atoms with Gasteiger partial charge in [0.25, 0.3) is 0 Å². The zero-order valence-corrected chi connectivity index (χ0v) is 16.8.